The Kier molecular flexibility index (Phi) is 6.17. The van der Waals surface area contributed by atoms with Crippen molar-refractivity contribution in [3.8, 4) is 22.6 Å². The van der Waals surface area contributed by atoms with Gasteiger partial charge >= 0.3 is 5.97 Å². The number of aliphatic imine (C=N–C) groups is 1. The Morgan fingerprint density at radius 2 is 1.70 bits per heavy atom. The molecular formula is C27H24N2O3S. The fourth-order valence-electron chi connectivity index (χ4n) is 4.29. The summed E-state index contributed by atoms with van der Waals surface area (Å²) in [6.07, 6.45) is 8.32. The molecular weight excluding hydrogens is 432 g/mol. The summed E-state index contributed by atoms with van der Waals surface area (Å²) in [5.74, 6) is 1.03. The third kappa shape index (κ3) is 4.96. The van der Waals surface area contributed by atoms with Crippen LogP contribution in [-0.2, 0) is 0 Å². The fourth-order valence-corrected chi connectivity index (χ4v) is 4.96. The first-order chi connectivity index (χ1) is 16.2. The van der Waals surface area contributed by atoms with Gasteiger partial charge in [-0.25, -0.2) is 14.8 Å². The quantitative estimate of drug-likeness (QED) is 0.304. The summed E-state index contributed by atoms with van der Waals surface area (Å²) in [5.41, 5.74) is 4.54. The topological polar surface area (TPSA) is 75.7 Å². The van der Waals surface area contributed by atoms with E-state index in [1.54, 1.807) is 30.5 Å². The molecule has 1 fully saturated rings. The number of nitrogens with zero attached hydrogens (tertiary/aromatic N) is 2. The smallest absolute Gasteiger partial charge is 0.335 e. The van der Waals surface area contributed by atoms with E-state index < -0.39 is 5.97 Å². The van der Waals surface area contributed by atoms with E-state index in [4.69, 9.17) is 9.52 Å². The van der Waals surface area contributed by atoms with E-state index in [9.17, 15) is 4.79 Å². The highest BCUT2D eigenvalue weighted by Gasteiger charge is 2.15. The Hall–Kier alpha value is -3.51. The lowest BCUT2D eigenvalue weighted by molar-refractivity contribution is 0.0697. The number of thiazole rings is 1. The maximum atomic E-state index is 11.0. The minimum absolute atomic E-state index is 0.246. The van der Waals surface area contributed by atoms with Crippen molar-refractivity contribution in [2.45, 2.75) is 38.0 Å². The predicted molar refractivity (Wildman–Crippen MR) is 132 cm³/mol. The van der Waals surface area contributed by atoms with Crippen LogP contribution in [0, 0.1) is 0 Å². The highest BCUT2D eigenvalue weighted by molar-refractivity contribution is 7.13. The number of aromatic carboxylic acids is 1. The molecule has 4 aromatic rings. The Morgan fingerprint density at radius 3 is 2.42 bits per heavy atom. The molecule has 2 aromatic carbocycles. The molecule has 2 aromatic heterocycles. The number of hydrogen-bond acceptors (Lipinski definition) is 5. The van der Waals surface area contributed by atoms with Gasteiger partial charge in [-0.05, 0) is 48.6 Å². The second-order valence-corrected chi connectivity index (χ2v) is 9.15. The van der Waals surface area contributed by atoms with Crippen LogP contribution in [0.1, 0.15) is 59.7 Å². The van der Waals surface area contributed by atoms with Crippen molar-refractivity contribution in [3.63, 3.8) is 0 Å². The molecule has 2 heterocycles. The number of benzene rings is 2. The normalized spacial score (nSPS) is 14.7. The lowest BCUT2D eigenvalue weighted by Crippen LogP contribution is -2.04. The van der Waals surface area contributed by atoms with E-state index in [1.807, 2.05) is 17.5 Å². The Bertz CT molecular complexity index is 1260. The molecule has 166 valence electrons. The highest BCUT2D eigenvalue weighted by atomic mass is 32.1. The molecule has 0 atom stereocenters. The maximum absolute atomic E-state index is 11.0. The van der Waals surface area contributed by atoms with E-state index in [-0.39, 0.29) is 5.56 Å². The van der Waals surface area contributed by atoms with Crippen molar-refractivity contribution >= 4 is 28.7 Å². The van der Waals surface area contributed by atoms with Gasteiger partial charge in [0.25, 0.3) is 0 Å². The maximum Gasteiger partial charge on any atom is 0.335 e. The average Bonchev–Trinajstić information content (AvgIpc) is 3.53. The van der Waals surface area contributed by atoms with Crippen LogP contribution in [0.4, 0.5) is 5.13 Å². The van der Waals surface area contributed by atoms with Gasteiger partial charge in [-0.15, -0.1) is 11.3 Å². The van der Waals surface area contributed by atoms with Crippen LogP contribution in [0.3, 0.4) is 0 Å². The zero-order valence-corrected chi connectivity index (χ0v) is 18.9. The molecule has 1 aliphatic rings. The molecule has 0 spiro atoms. The highest BCUT2D eigenvalue weighted by Crippen LogP contribution is 2.34. The molecule has 33 heavy (non-hydrogen) atoms. The van der Waals surface area contributed by atoms with E-state index in [1.165, 1.54) is 49.0 Å². The molecule has 0 unspecified atom stereocenters. The van der Waals surface area contributed by atoms with Gasteiger partial charge in [-0.1, -0.05) is 55.7 Å². The van der Waals surface area contributed by atoms with Crippen molar-refractivity contribution in [2.24, 2.45) is 4.99 Å². The van der Waals surface area contributed by atoms with Gasteiger partial charge in [0.2, 0.25) is 5.13 Å². The molecule has 0 amide bonds. The van der Waals surface area contributed by atoms with Gasteiger partial charge in [-0.3, -0.25) is 0 Å². The van der Waals surface area contributed by atoms with Crippen LogP contribution in [0.15, 0.2) is 75.5 Å². The molecule has 5 nitrogen and oxygen atoms in total. The zero-order valence-electron chi connectivity index (χ0n) is 18.1. The van der Waals surface area contributed by atoms with E-state index in [0.717, 1.165) is 16.8 Å². The van der Waals surface area contributed by atoms with Crippen molar-refractivity contribution < 1.29 is 14.3 Å². The Morgan fingerprint density at radius 1 is 0.970 bits per heavy atom. The van der Waals surface area contributed by atoms with Gasteiger partial charge in [-0.2, -0.15) is 0 Å². The first kappa shape index (κ1) is 21.3. The van der Waals surface area contributed by atoms with Gasteiger partial charge in [0.05, 0.1) is 17.5 Å². The van der Waals surface area contributed by atoms with Crippen molar-refractivity contribution in [1.82, 2.24) is 4.98 Å². The van der Waals surface area contributed by atoms with Crippen LogP contribution >= 0.6 is 11.3 Å². The summed E-state index contributed by atoms with van der Waals surface area (Å²) in [7, 11) is 0. The minimum atomic E-state index is -0.947. The number of furan rings is 1. The number of hydrogen-bond donors (Lipinski definition) is 1. The number of rotatable bonds is 6. The summed E-state index contributed by atoms with van der Waals surface area (Å²) in [6, 6.07) is 19.1. The van der Waals surface area contributed by atoms with E-state index in [2.05, 4.69) is 34.2 Å². The molecule has 5 rings (SSSR count). The van der Waals surface area contributed by atoms with E-state index in [0.29, 0.717) is 22.6 Å². The summed E-state index contributed by atoms with van der Waals surface area (Å²) in [4.78, 5) is 20.1. The largest absolute Gasteiger partial charge is 0.478 e. The fraction of sp³-hybridized carbons (Fsp3) is 0.222. The summed E-state index contributed by atoms with van der Waals surface area (Å²) < 4.78 is 5.83. The number of carboxylic acid groups (broad SMARTS) is 1. The summed E-state index contributed by atoms with van der Waals surface area (Å²) in [5, 5.41) is 11.7. The van der Waals surface area contributed by atoms with Crippen LogP contribution in [-0.4, -0.2) is 22.3 Å². The molecule has 0 radical (unpaired) electrons. The summed E-state index contributed by atoms with van der Waals surface area (Å²) in [6.45, 7) is 0. The minimum Gasteiger partial charge on any atom is -0.478 e. The number of carboxylic acids is 1. The first-order valence-electron chi connectivity index (χ1n) is 11.2. The lowest BCUT2D eigenvalue weighted by atomic mass is 9.84. The molecule has 0 bridgehead atoms. The summed E-state index contributed by atoms with van der Waals surface area (Å²) >= 11 is 1.50. The van der Waals surface area contributed by atoms with Gasteiger partial charge in [0.15, 0.2) is 0 Å². The van der Waals surface area contributed by atoms with Crippen LogP contribution in [0.2, 0.25) is 0 Å². The van der Waals surface area contributed by atoms with Crippen LogP contribution in [0.25, 0.3) is 22.6 Å². The predicted octanol–water partition coefficient (Wildman–Crippen LogP) is 7.57. The van der Waals surface area contributed by atoms with Gasteiger partial charge < -0.3 is 9.52 Å². The third-order valence-electron chi connectivity index (χ3n) is 6.12. The average molecular weight is 457 g/mol. The van der Waals surface area contributed by atoms with Crippen molar-refractivity contribution in [1.29, 1.82) is 0 Å². The molecule has 6 heteroatoms. The van der Waals surface area contributed by atoms with Crippen LogP contribution < -0.4 is 0 Å². The third-order valence-corrected chi connectivity index (χ3v) is 6.87. The SMILES string of the molecule is O=C(O)c1ccc(-c2ccc(C=Nc3nc(-c4ccc(C5CCCCC5)cc4)cs3)o2)cc1. The van der Waals surface area contributed by atoms with Crippen LogP contribution in [0.5, 0.6) is 0 Å². The monoisotopic (exact) mass is 456 g/mol. The second-order valence-electron chi connectivity index (χ2n) is 8.31. The van der Waals surface area contributed by atoms with Crippen molar-refractivity contribution in [2.75, 3.05) is 0 Å². The second kappa shape index (κ2) is 9.55. The van der Waals surface area contributed by atoms with Gasteiger partial charge in [0, 0.05) is 16.5 Å². The lowest BCUT2D eigenvalue weighted by Gasteiger charge is -2.22. The Labute approximate surface area is 196 Å². The van der Waals surface area contributed by atoms with Gasteiger partial charge in [0.1, 0.15) is 11.5 Å². The standard InChI is InChI=1S/C27H24N2O3S/c30-26(31)22-12-10-21(11-13-22)25-15-14-23(32-25)16-28-27-29-24(17-33-27)20-8-6-19(7-9-20)18-4-2-1-3-5-18/h6-18H,1-5H2,(H,30,31). The molecule has 0 aliphatic heterocycles. The Balaban J connectivity index is 1.25. The molecule has 1 aliphatic carbocycles. The number of carbonyl (C=O) groups is 1. The molecule has 0 saturated heterocycles. The van der Waals surface area contributed by atoms with E-state index >= 15 is 0 Å². The molecule has 1 N–H and O–H groups in total. The zero-order chi connectivity index (χ0) is 22.6. The first-order valence-corrected chi connectivity index (χ1v) is 12.1. The number of aromatic nitrogens is 1. The molecule has 1 saturated carbocycles. The van der Waals surface area contributed by atoms with Crippen molar-refractivity contribution in [3.05, 3.63) is 82.9 Å².